The fourth-order valence-electron chi connectivity index (χ4n) is 5.50. The number of carbonyl (C=O) groups excluding carboxylic acids is 2. The van der Waals surface area contributed by atoms with Crippen molar-refractivity contribution >= 4 is 17.6 Å². The smallest absolute Gasteiger partial charge is 0.327 e. The lowest BCUT2D eigenvalue weighted by Gasteiger charge is -2.46. The number of hydrogen-bond acceptors (Lipinski definition) is 6. The van der Waals surface area contributed by atoms with E-state index in [9.17, 15) is 9.59 Å². The minimum absolute atomic E-state index is 0.101. The van der Waals surface area contributed by atoms with Gasteiger partial charge in [0.1, 0.15) is 24.2 Å². The zero-order valence-corrected chi connectivity index (χ0v) is 20.1. The number of carbonyl (C=O) groups is 2. The first kappa shape index (κ1) is 22.7. The molecule has 8 nitrogen and oxygen atoms in total. The molecule has 0 bridgehead atoms. The van der Waals surface area contributed by atoms with E-state index in [-0.39, 0.29) is 24.4 Å². The first-order valence-corrected chi connectivity index (χ1v) is 12.0. The Morgan fingerprint density at radius 2 is 1.85 bits per heavy atom. The summed E-state index contributed by atoms with van der Waals surface area (Å²) in [5.41, 5.74) is 2.25. The lowest BCUT2D eigenvalue weighted by molar-refractivity contribution is -0.138. The Morgan fingerprint density at radius 3 is 2.62 bits per heavy atom. The topological polar surface area (TPSA) is 68.4 Å². The van der Waals surface area contributed by atoms with Gasteiger partial charge < -0.3 is 14.5 Å². The summed E-state index contributed by atoms with van der Waals surface area (Å²) in [6, 6.07) is 17.5. The van der Waals surface area contributed by atoms with Crippen LogP contribution in [0.3, 0.4) is 0 Å². The van der Waals surface area contributed by atoms with E-state index in [2.05, 4.69) is 40.2 Å². The standard InChI is InChI=1S/C26H33N5O3/c1-18-16-30(20-12-7-13-21(15-20)34-3)25-27-23-22(31(25)17-18)24(32)29(26(33)28(23)2)14-8-11-19-9-5-4-6-10-19/h4-7,9-10,12-13,15,18,22-23,25,27H,8,11,14,16-17H2,1-3H3. The summed E-state index contributed by atoms with van der Waals surface area (Å²) in [7, 11) is 3.46. The van der Waals surface area contributed by atoms with Crippen LogP contribution in [0, 0.1) is 5.92 Å². The van der Waals surface area contributed by atoms with Crippen molar-refractivity contribution < 1.29 is 14.3 Å². The molecule has 34 heavy (non-hydrogen) atoms. The van der Waals surface area contributed by atoms with E-state index in [1.165, 1.54) is 10.5 Å². The van der Waals surface area contributed by atoms with Gasteiger partial charge in [-0.3, -0.25) is 19.9 Å². The number of ether oxygens (including phenoxy) is 1. The summed E-state index contributed by atoms with van der Waals surface area (Å²) in [5.74, 6) is 1.06. The number of likely N-dealkylation sites (N-methyl/N-ethyl adjacent to an activating group) is 1. The molecule has 0 spiro atoms. The molecule has 5 rings (SSSR count). The number of anilines is 1. The average molecular weight is 464 g/mol. The number of nitrogens with one attached hydrogen (secondary N) is 1. The number of urea groups is 1. The van der Waals surface area contributed by atoms with Gasteiger partial charge in [-0.15, -0.1) is 0 Å². The van der Waals surface area contributed by atoms with Crippen LogP contribution in [-0.4, -0.2) is 78.9 Å². The lowest BCUT2D eigenvalue weighted by atomic mass is 10.0. The van der Waals surface area contributed by atoms with Gasteiger partial charge in [-0.25, -0.2) is 4.79 Å². The van der Waals surface area contributed by atoms with Crippen LogP contribution in [0.15, 0.2) is 54.6 Å². The van der Waals surface area contributed by atoms with Crippen molar-refractivity contribution in [1.82, 2.24) is 20.0 Å². The molecule has 3 saturated heterocycles. The second kappa shape index (κ2) is 9.27. The first-order valence-electron chi connectivity index (χ1n) is 12.0. The quantitative estimate of drug-likeness (QED) is 0.710. The van der Waals surface area contributed by atoms with Crippen LogP contribution >= 0.6 is 0 Å². The highest BCUT2D eigenvalue weighted by Gasteiger charge is 2.56. The van der Waals surface area contributed by atoms with E-state index in [1.54, 1.807) is 19.1 Å². The van der Waals surface area contributed by atoms with Gasteiger partial charge in [0.05, 0.1) is 7.11 Å². The van der Waals surface area contributed by atoms with Gasteiger partial charge in [0, 0.05) is 38.4 Å². The van der Waals surface area contributed by atoms with Crippen LogP contribution in [-0.2, 0) is 11.2 Å². The second-order valence-corrected chi connectivity index (χ2v) is 9.56. The zero-order chi connectivity index (χ0) is 23.8. The van der Waals surface area contributed by atoms with E-state index < -0.39 is 6.04 Å². The Balaban J connectivity index is 1.36. The molecule has 4 atom stereocenters. The minimum Gasteiger partial charge on any atom is -0.497 e. The summed E-state index contributed by atoms with van der Waals surface area (Å²) in [6.07, 6.45) is 1.06. The van der Waals surface area contributed by atoms with Crippen LogP contribution in [0.5, 0.6) is 5.75 Å². The molecule has 0 saturated carbocycles. The number of aryl methyl sites for hydroxylation is 1. The number of rotatable bonds is 6. The van der Waals surface area contributed by atoms with E-state index in [0.29, 0.717) is 12.5 Å². The van der Waals surface area contributed by atoms with Crippen molar-refractivity contribution in [1.29, 1.82) is 0 Å². The van der Waals surface area contributed by atoms with Gasteiger partial charge in [0.15, 0.2) is 0 Å². The van der Waals surface area contributed by atoms with E-state index >= 15 is 0 Å². The number of methoxy groups -OCH3 is 1. The molecule has 3 fully saturated rings. The molecule has 2 aromatic carbocycles. The summed E-state index contributed by atoms with van der Waals surface area (Å²) in [5, 5.41) is 3.58. The third kappa shape index (κ3) is 4.01. The predicted molar refractivity (Wildman–Crippen MR) is 130 cm³/mol. The molecule has 2 aromatic rings. The van der Waals surface area contributed by atoms with Crippen molar-refractivity contribution in [3.05, 3.63) is 60.2 Å². The number of imide groups is 1. The second-order valence-electron chi connectivity index (χ2n) is 9.56. The molecule has 1 N–H and O–H groups in total. The highest BCUT2D eigenvalue weighted by molar-refractivity contribution is 6.00. The van der Waals surface area contributed by atoms with E-state index in [0.717, 1.165) is 37.4 Å². The SMILES string of the molecule is COc1cccc(N2CC(C)CN3C4C(=O)N(CCCc5ccccc5)C(=O)N(C)C4NC23)c1. The molecule has 8 heteroatoms. The van der Waals surface area contributed by atoms with Crippen molar-refractivity contribution in [2.45, 2.75) is 38.3 Å². The van der Waals surface area contributed by atoms with Gasteiger partial charge >= 0.3 is 6.03 Å². The van der Waals surface area contributed by atoms with Gasteiger partial charge in [0.25, 0.3) is 5.91 Å². The van der Waals surface area contributed by atoms with Crippen molar-refractivity contribution in [2.24, 2.45) is 5.92 Å². The Hall–Kier alpha value is -3.10. The molecule has 180 valence electrons. The Labute approximate surface area is 201 Å². The van der Waals surface area contributed by atoms with Crippen molar-refractivity contribution in [3.8, 4) is 5.75 Å². The van der Waals surface area contributed by atoms with Crippen LogP contribution in [0.1, 0.15) is 18.9 Å². The van der Waals surface area contributed by atoms with E-state index in [4.69, 9.17) is 4.74 Å². The molecule has 4 unspecified atom stereocenters. The third-order valence-corrected chi connectivity index (χ3v) is 7.16. The van der Waals surface area contributed by atoms with Gasteiger partial charge in [-0.1, -0.05) is 43.3 Å². The molecular weight excluding hydrogens is 430 g/mol. The molecule has 0 aliphatic carbocycles. The van der Waals surface area contributed by atoms with Crippen LogP contribution in [0.2, 0.25) is 0 Å². The fourth-order valence-corrected chi connectivity index (χ4v) is 5.50. The maximum Gasteiger partial charge on any atom is 0.327 e. The highest BCUT2D eigenvalue weighted by Crippen LogP contribution is 2.35. The van der Waals surface area contributed by atoms with Crippen molar-refractivity contribution in [3.63, 3.8) is 0 Å². The average Bonchev–Trinajstić information content (AvgIpc) is 3.24. The molecule has 3 aliphatic heterocycles. The monoisotopic (exact) mass is 463 g/mol. The predicted octanol–water partition coefficient (Wildman–Crippen LogP) is 2.56. The zero-order valence-electron chi connectivity index (χ0n) is 20.1. The van der Waals surface area contributed by atoms with E-state index in [1.807, 2.05) is 36.4 Å². The summed E-state index contributed by atoms with van der Waals surface area (Å²) in [6.45, 7) is 4.28. The van der Waals surface area contributed by atoms with Crippen molar-refractivity contribution in [2.75, 3.05) is 38.7 Å². The molecule has 0 aromatic heterocycles. The highest BCUT2D eigenvalue weighted by atomic mass is 16.5. The van der Waals surface area contributed by atoms with Gasteiger partial charge in [0.2, 0.25) is 0 Å². The number of nitrogens with zero attached hydrogens (tertiary/aromatic N) is 4. The number of fused-ring (bicyclic) bond motifs is 3. The molecule has 3 amide bonds. The molecule has 3 aliphatic rings. The summed E-state index contributed by atoms with van der Waals surface area (Å²) >= 11 is 0. The van der Waals surface area contributed by atoms with Gasteiger partial charge in [-0.05, 0) is 36.5 Å². The first-order chi connectivity index (χ1) is 16.5. The van der Waals surface area contributed by atoms with Crippen LogP contribution < -0.4 is 15.0 Å². The molecule has 0 radical (unpaired) electrons. The maximum atomic E-state index is 13.7. The largest absolute Gasteiger partial charge is 0.497 e. The lowest BCUT2D eigenvalue weighted by Crippen LogP contribution is -2.66. The molecule has 3 heterocycles. The Kier molecular flexibility index (Phi) is 6.18. The minimum atomic E-state index is -0.403. The Morgan fingerprint density at radius 1 is 1.06 bits per heavy atom. The summed E-state index contributed by atoms with van der Waals surface area (Å²) in [4.78, 5) is 34.5. The summed E-state index contributed by atoms with van der Waals surface area (Å²) < 4.78 is 5.44. The fraction of sp³-hybridized carbons (Fsp3) is 0.462. The number of hydrogen-bond donors (Lipinski definition) is 1. The third-order valence-electron chi connectivity index (χ3n) is 7.16. The number of amides is 3. The molecular formula is C26H33N5O3. The number of benzene rings is 2. The van der Waals surface area contributed by atoms with Crippen LogP contribution in [0.4, 0.5) is 10.5 Å². The van der Waals surface area contributed by atoms with Gasteiger partial charge in [-0.2, -0.15) is 0 Å². The van der Waals surface area contributed by atoms with Crippen LogP contribution in [0.25, 0.3) is 0 Å². The Bertz CT molecular complexity index is 1050. The maximum absolute atomic E-state index is 13.7. The normalized spacial score (nSPS) is 27.1.